The van der Waals surface area contributed by atoms with E-state index in [2.05, 4.69) is 25.3 Å². The van der Waals surface area contributed by atoms with Crippen molar-refractivity contribution in [1.82, 2.24) is 34.7 Å². The lowest BCUT2D eigenvalue weighted by molar-refractivity contribution is -0.131. The van der Waals surface area contributed by atoms with E-state index in [0.29, 0.717) is 37.6 Å². The molecule has 12 rings (SSSR count). The molecule has 6 N–H and O–H groups in total. The number of nitrogens with zero attached hydrogens (tertiary/aromatic N) is 6. The summed E-state index contributed by atoms with van der Waals surface area (Å²) in [6, 6.07) is 29.6. The fourth-order valence-corrected chi connectivity index (χ4v) is 10.7. The predicted molar refractivity (Wildman–Crippen MR) is 311 cm³/mol. The van der Waals surface area contributed by atoms with Gasteiger partial charge in [0.25, 0.3) is 11.7 Å². The van der Waals surface area contributed by atoms with E-state index in [4.69, 9.17) is 29.8 Å². The van der Waals surface area contributed by atoms with E-state index in [9.17, 15) is 38.2 Å². The number of aromatic nitrogens is 4. The zero-order valence-electron chi connectivity index (χ0n) is 45.9. The van der Waals surface area contributed by atoms with Crippen LogP contribution in [-0.4, -0.2) is 146 Å². The summed E-state index contributed by atoms with van der Waals surface area (Å²) < 4.78 is 53.8. The minimum Gasteiger partial charge on any atom is -0.486 e. The zero-order valence-corrected chi connectivity index (χ0v) is 45.9. The highest BCUT2D eigenvalue weighted by Crippen LogP contribution is 2.38. The number of aryl methyl sites for hydroxylation is 2. The molecule has 0 bridgehead atoms. The Hall–Kier alpha value is -8.60. The van der Waals surface area contributed by atoms with Gasteiger partial charge in [0, 0.05) is 55.1 Å². The van der Waals surface area contributed by atoms with Crippen LogP contribution in [0.5, 0.6) is 23.0 Å². The summed E-state index contributed by atoms with van der Waals surface area (Å²) in [6.07, 6.45) is 5.75. The Balaban J connectivity index is 0.000000166. The van der Waals surface area contributed by atoms with Crippen molar-refractivity contribution in [1.29, 1.82) is 0 Å². The summed E-state index contributed by atoms with van der Waals surface area (Å²) >= 11 is 0. The summed E-state index contributed by atoms with van der Waals surface area (Å²) in [5, 5.41) is 43.6. The highest BCUT2D eigenvalue weighted by atomic mass is 19.1. The Labute approximate surface area is 484 Å². The van der Waals surface area contributed by atoms with Crippen molar-refractivity contribution < 1.29 is 62.2 Å². The van der Waals surface area contributed by atoms with Gasteiger partial charge in [0.2, 0.25) is 5.78 Å². The molecule has 440 valence electrons. The smallest absolute Gasteiger partial charge is 0.377 e. The molecule has 0 spiro atoms. The number of aliphatic hydroxyl groups excluding tert-OH is 2. The maximum Gasteiger partial charge on any atom is 0.377 e. The lowest BCUT2D eigenvalue weighted by atomic mass is 9.99. The van der Waals surface area contributed by atoms with Crippen LogP contribution in [0.2, 0.25) is 0 Å². The molecule has 0 radical (unpaired) electrons. The Kier molecular flexibility index (Phi) is 19.1. The maximum atomic E-state index is 14.7. The largest absolute Gasteiger partial charge is 0.486 e. The van der Waals surface area contributed by atoms with Gasteiger partial charge in [-0.15, -0.1) is 0 Å². The number of carboxylic acids is 1. The molecule has 19 nitrogen and oxygen atoms in total. The van der Waals surface area contributed by atoms with E-state index in [1.807, 2.05) is 50.5 Å². The standard InChI is InChI=1S/C31H31FN4O5.C16H12N2O3.C15H21FN2O3.CH4/c1-35-26-9-8-21(14-23(26)17-33-35)19-4-6-20(7-5-19)29(38)31(39)34-25(18-36-10-2-3-11-36)28(37)22-15-24(32)30-27(16-22)40-12-13-41-30;1-18-14-7-6-12(8-13(14)9-17-18)10-2-4-11(5-3-10)15(19)16(20)21;16-11-7-10(8-13-15(11)21-6-5-20-13)14(19)12(17)9-18-3-1-2-4-18;/h4-9,14-17,25,28,37H,2-3,10-13,18H2,1H3,(H,34,39);2-9H,1H3,(H,20,21);7-8,12,14,19H,1-6,9,17H2;1H4/t25-,28-;;12-,14-;/m1.1./s1. The number of benzene rings is 6. The van der Waals surface area contributed by atoms with Crippen LogP contribution < -0.4 is 30.0 Å². The zero-order chi connectivity index (χ0) is 58.3. The first-order valence-corrected chi connectivity index (χ1v) is 27.5. The van der Waals surface area contributed by atoms with E-state index >= 15 is 0 Å². The molecule has 4 atom stereocenters. The van der Waals surface area contributed by atoms with Gasteiger partial charge in [-0.2, -0.15) is 10.2 Å². The van der Waals surface area contributed by atoms with Crippen LogP contribution in [0.25, 0.3) is 44.1 Å². The minimum absolute atomic E-state index is 0. The maximum absolute atomic E-state index is 14.7. The third-order valence-electron chi connectivity index (χ3n) is 15.2. The molecule has 84 heavy (non-hydrogen) atoms. The molecule has 4 aliphatic heterocycles. The lowest BCUT2D eigenvalue weighted by Crippen LogP contribution is -2.48. The van der Waals surface area contributed by atoms with Gasteiger partial charge >= 0.3 is 5.97 Å². The number of aliphatic hydroxyl groups is 2. The minimum atomic E-state index is -1.44. The molecule has 6 aromatic carbocycles. The first-order chi connectivity index (χ1) is 40.1. The number of amides is 1. The van der Waals surface area contributed by atoms with Gasteiger partial charge < -0.3 is 55.1 Å². The molecule has 8 aromatic rings. The first kappa shape index (κ1) is 60.0. The Bertz CT molecular complexity index is 3660. The van der Waals surface area contributed by atoms with Crippen molar-refractivity contribution in [3.63, 3.8) is 0 Å². The Morgan fingerprint density at radius 2 is 0.988 bits per heavy atom. The first-order valence-electron chi connectivity index (χ1n) is 27.5. The number of likely N-dealkylation sites (tertiary alicyclic amines) is 2. The van der Waals surface area contributed by atoms with Crippen molar-refractivity contribution >= 4 is 45.2 Å². The number of halogens is 2. The topological polar surface area (TPSA) is 246 Å². The molecular weight excluding hydrogens is 1080 g/mol. The van der Waals surface area contributed by atoms with Crippen LogP contribution in [0.15, 0.2) is 122 Å². The van der Waals surface area contributed by atoms with E-state index in [0.717, 1.165) is 83.1 Å². The SMILES string of the molecule is C.Cn1ncc2cc(-c3ccc(C(=O)C(=O)N[C@H](CN4CCCC4)[C@H](O)c4cc(F)c5c(c4)OCCO5)cc3)ccc21.Cn1ncc2cc(-c3ccc(C(=O)C(=O)O)cc3)ccc21.N[C@H](CN1CCCC1)[C@H](O)c1cc(F)c2c(c1)OCCO2. The number of hydrogen-bond donors (Lipinski definition) is 5. The van der Waals surface area contributed by atoms with E-state index in [-0.39, 0.29) is 54.6 Å². The van der Waals surface area contributed by atoms with E-state index < -0.39 is 59.4 Å². The molecule has 6 heterocycles. The number of hydrogen-bond acceptors (Lipinski definition) is 15. The van der Waals surface area contributed by atoms with Crippen LogP contribution in [0.3, 0.4) is 0 Å². The third kappa shape index (κ3) is 13.7. The van der Waals surface area contributed by atoms with Gasteiger partial charge in [0.1, 0.15) is 32.5 Å². The molecule has 1 amide bonds. The second-order valence-corrected chi connectivity index (χ2v) is 20.9. The van der Waals surface area contributed by atoms with E-state index in [1.165, 1.54) is 43.2 Å². The van der Waals surface area contributed by atoms with Gasteiger partial charge in [-0.1, -0.05) is 68.1 Å². The predicted octanol–water partition coefficient (Wildman–Crippen LogP) is 7.84. The van der Waals surface area contributed by atoms with Gasteiger partial charge in [0.05, 0.1) is 35.6 Å². The fraction of sp³-hybridized carbons (Fsp3) is 0.333. The fourth-order valence-electron chi connectivity index (χ4n) is 10.7. The van der Waals surface area contributed by atoms with Crippen LogP contribution in [0.4, 0.5) is 8.78 Å². The number of aliphatic carboxylic acids is 1. The summed E-state index contributed by atoms with van der Waals surface area (Å²) in [5.74, 6) is -4.41. The number of nitrogens with two attached hydrogens (primary N) is 1. The highest BCUT2D eigenvalue weighted by Gasteiger charge is 2.32. The van der Waals surface area contributed by atoms with Crippen molar-refractivity contribution in [2.75, 3.05) is 65.7 Å². The molecule has 0 unspecified atom stereocenters. The van der Waals surface area contributed by atoms with Crippen molar-refractivity contribution in [2.24, 2.45) is 19.8 Å². The van der Waals surface area contributed by atoms with Crippen LogP contribution >= 0.6 is 0 Å². The molecular formula is C63H68F2N8O11. The molecule has 0 saturated carbocycles. The number of rotatable bonds is 15. The third-order valence-corrected chi connectivity index (χ3v) is 15.2. The number of ether oxygens (including phenoxy) is 4. The molecule has 0 aliphatic carbocycles. The Morgan fingerprint density at radius 3 is 1.45 bits per heavy atom. The number of carboxylic acid groups (broad SMARTS) is 1. The molecule has 2 fully saturated rings. The van der Waals surface area contributed by atoms with Crippen LogP contribution in [-0.2, 0) is 23.7 Å². The molecule has 21 heteroatoms. The average molecular weight is 1150 g/mol. The lowest BCUT2D eigenvalue weighted by Gasteiger charge is -2.29. The summed E-state index contributed by atoms with van der Waals surface area (Å²) in [6.45, 7) is 5.79. The number of carbonyl (C=O) groups is 4. The van der Waals surface area contributed by atoms with E-state index in [1.54, 1.807) is 64.2 Å². The molecule has 2 aromatic heterocycles. The van der Waals surface area contributed by atoms with Gasteiger partial charge in [-0.3, -0.25) is 23.7 Å². The molecule has 4 aliphatic rings. The van der Waals surface area contributed by atoms with Crippen molar-refractivity contribution in [2.45, 2.75) is 57.4 Å². The number of ketones is 2. The van der Waals surface area contributed by atoms with Crippen LogP contribution in [0.1, 0.15) is 77.2 Å². The van der Waals surface area contributed by atoms with Crippen molar-refractivity contribution in [3.8, 4) is 45.3 Å². The van der Waals surface area contributed by atoms with Crippen LogP contribution in [0, 0.1) is 11.6 Å². The average Bonchev–Trinajstić information content (AvgIpc) is 3.57. The number of fused-ring (bicyclic) bond motifs is 4. The van der Waals surface area contributed by atoms with Gasteiger partial charge in [0.15, 0.2) is 34.6 Å². The summed E-state index contributed by atoms with van der Waals surface area (Å²) in [4.78, 5) is 52.6. The number of carbonyl (C=O) groups excluding carboxylic acids is 3. The summed E-state index contributed by atoms with van der Waals surface area (Å²) in [7, 11) is 3.77. The van der Waals surface area contributed by atoms with Gasteiger partial charge in [-0.05, 0) is 134 Å². The summed E-state index contributed by atoms with van der Waals surface area (Å²) in [5.41, 5.74) is 13.0. The van der Waals surface area contributed by atoms with Gasteiger partial charge in [-0.25, -0.2) is 13.6 Å². The molecule has 2 saturated heterocycles. The highest BCUT2D eigenvalue weighted by molar-refractivity contribution is 6.43. The Morgan fingerprint density at radius 1 is 0.571 bits per heavy atom. The quantitative estimate of drug-likeness (QED) is 0.0485. The number of Topliss-reactive ketones (excluding diaryl/α,β-unsaturated/α-hetero) is 2. The number of nitrogens with one attached hydrogen (secondary N) is 1. The van der Waals surface area contributed by atoms with Crippen molar-refractivity contribution in [3.05, 3.63) is 155 Å². The second-order valence-electron chi connectivity index (χ2n) is 20.9. The normalized spacial score (nSPS) is 16.0. The second kappa shape index (κ2) is 26.8. The monoisotopic (exact) mass is 1150 g/mol.